The van der Waals surface area contributed by atoms with Crippen LogP contribution in [0.2, 0.25) is 0 Å². The van der Waals surface area contributed by atoms with Crippen molar-refractivity contribution in [1.29, 1.82) is 0 Å². The molecular weight excluding hydrogens is 298 g/mol. The van der Waals surface area contributed by atoms with Crippen LogP contribution in [0.5, 0.6) is 0 Å². The van der Waals surface area contributed by atoms with E-state index in [2.05, 4.69) is 20.2 Å². The zero-order valence-electron chi connectivity index (χ0n) is 10.6. The van der Waals surface area contributed by atoms with E-state index in [4.69, 9.17) is 17.3 Å². The Balaban J connectivity index is 2.56. The zero-order valence-corrected chi connectivity index (χ0v) is 12.2. The van der Waals surface area contributed by atoms with E-state index in [1.807, 2.05) is 0 Å². The molecule has 0 spiro atoms. The normalized spacial score (nSPS) is 11.6. The molecule has 0 aliphatic rings. The number of rotatable bonds is 4. The van der Waals surface area contributed by atoms with Gasteiger partial charge in [0.05, 0.1) is 11.6 Å². The standard InChI is InChI=1S/C12H12ClN5OS/c1-20-12-16-11(19)10(17-18-12)7-4-2-3-5-8(7)15-9(14)6-13/h2-5H,6H2,1H3,(H2,14,15)(H,16,18,19). The molecule has 0 bridgehead atoms. The van der Waals surface area contributed by atoms with Gasteiger partial charge in [0.25, 0.3) is 5.56 Å². The van der Waals surface area contributed by atoms with Gasteiger partial charge in [-0.1, -0.05) is 30.0 Å². The molecule has 2 rings (SSSR count). The number of aromatic nitrogens is 3. The van der Waals surface area contributed by atoms with Gasteiger partial charge in [-0.3, -0.25) is 9.78 Å². The third-order valence-corrected chi connectivity index (χ3v) is 3.27. The first-order valence-electron chi connectivity index (χ1n) is 5.65. The van der Waals surface area contributed by atoms with Crippen molar-refractivity contribution in [3.8, 4) is 11.3 Å². The molecule has 0 fully saturated rings. The molecule has 2 aromatic rings. The monoisotopic (exact) mass is 309 g/mol. The van der Waals surface area contributed by atoms with Crippen LogP contribution in [0.25, 0.3) is 11.3 Å². The molecule has 1 heterocycles. The fourth-order valence-electron chi connectivity index (χ4n) is 1.55. The molecule has 0 saturated carbocycles. The van der Waals surface area contributed by atoms with E-state index >= 15 is 0 Å². The molecule has 0 unspecified atom stereocenters. The molecule has 0 amide bonds. The SMILES string of the molecule is CSc1nnc(-c2ccccc2N=C(N)CCl)c(=O)[nH]1. The maximum absolute atomic E-state index is 12.0. The Hall–Kier alpha value is -1.86. The van der Waals surface area contributed by atoms with Crippen molar-refractivity contribution in [3.05, 3.63) is 34.6 Å². The van der Waals surface area contributed by atoms with Gasteiger partial charge in [0.2, 0.25) is 0 Å². The number of benzene rings is 1. The summed E-state index contributed by atoms with van der Waals surface area (Å²) in [7, 11) is 0. The number of aromatic amines is 1. The number of para-hydroxylation sites is 1. The van der Waals surface area contributed by atoms with Crippen molar-refractivity contribution >= 4 is 34.9 Å². The first-order valence-corrected chi connectivity index (χ1v) is 7.41. The Kier molecular flexibility index (Phi) is 4.75. The van der Waals surface area contributed by atoms with Gasteiger partial charge in [-0.05, 0) is 12.3 Å². The van der Waals surface area contributed by atoms with E-state index < -0.39 is 0 Å². The lowest BCUT2D eigenvalue weighted by Gasteiger charge is -2.05. The second kappa shape index (κ2) is 6.53. The number of amidine groups is 1. The fourth-order valence-corrected chi connectivity index (χ4v) is 1.92. The van der Waals surface area contributed by atoms with Crippen molar-refractivity contribution in [2.45, 2.75) is 5.16 Å². The zero-order chi connectivity index (χ0) is 14.5. The Bertz CT molecular complexity index is 700. The predicted octanol–water partition coefficient (Wildman–Crippen LogP) is 1.78. The van der Waals surface area contributed by atoms with E-state index in [1.54, 1.807) is 30.5 Å². The Labute approximate surface area is 124 Å². The van der Waals surface area contributed by atoms with Crippen LogP contribution < -0.4 is 11.3 Å². The van der Waals surface area contributed by atoms with Crippen molar-refractivity contribution in [3.63, 3.8) is 0 Å². The summed E-state index contributed by atoms with van der Waals surface area (Å²) in [4.78, 5) is 18.9. The quantitative estimate of drug-likeness (QED) is 0.388. The van der Waals surface area contributed by atoms with Gasteiger partial charge in [-0.25, -0.2) is 4.99 Å². The summed E-state index contributed by atoms with van der Waals surface area (Å²) in [5, 5.41) is 8.34. The number of alkyl halides is 1. The molecule has 1 aromatic carbocycles. The third-order valence-electron chi connectivity index (χ3n) is 2.43. The minimum atomic E-state index is -0.323. The Morgan fingerprint density at radius 3 is 2.85 bits per heavy atom. The Morgan fingerprint density at radius 2 is 2.20 bits per heavy atom. The first kappa shape index (κ1) is 14.5. The van der Waals surface area contributed by atoms with Gasteiger partial charge >= 0.3 is 0 Å². The van der Waals surface area contributed by atoms with Crippen LogP contribution in [-0.2, 0) is 0 Å². The van der Waals surface area contributed by atoms with Crippen molar-refractivity contribution in [2.75, 3.05) is 12.1 Å². The third kappa shape index (κ3) is 3.17. The number of nitrogens with zero attached hydrogens (tertiary/aromatic N) is 3. The van der Waals surface area contributed by atoms with Gasteiger partial charge in [-0.2, -0.15) is 0 Å². The molecule has 8 heteroatoms. The molecular formula is C12H12ClN5OS. The van der Waals surface area contributed by atoms with Crippen LogP contribution >= 0.6 is 23.4 Å². The largest absolute Gasteiger partial charge is 0.386 e. The number of hydrogen-bond donors (Lipinski definition) is 2. The first-order chi connectivity index (χ1) is 9.65. The number of H-pyrrole nitrogens is 1. The van der Waals surface area contributed by atoms with E-state index in [-0.39, 0.29) is 23.0 Å². The average Bonchev–Trinajstić information content (AvgIpc) is 2.48. The molecule has 6 nitrogen and oxygen atoms in total. The summed E-state index contributed by atoms with van der Waals surface area (Å²) in [6, 6.07) is 7.05. The van der Waals surface area contributed by atoms with E-state index in [9.17, 15) is 4.79 Å². The van der Waals surface area contributed by atoms with Crippen molar-refractivity contribution < 1.29 is 0 Å². The molecule has 104 valence electrons. The highest BCUT2D eigenvalue weighted by Crippen LogP contribution is 2.26. The average molecular weight is 310 g/mol. The number of nitrogens with one attached hydrogen (secondary N) is 1. The molecule has 1 aromatic heterocycles. The molecule has 0 atom stereocenters. The van der Waals surface area contributed by atoms with Crippen LogP contribution in [0, 0.1) is 0 Å². The molecule has 0 radical (unpaired) electrons. The van der Waals surface area contributed by atoms with E-state index in [0.29, 0.717) is 16.4 Å². The lowest BCUT2D eigenvalue weighted by molar-refractivity contribution is 0.826. The van der Waals surface area contributed by atoms with Crippen LogP contribution in [0.4, 0.5) is 5.69 Å². The van der Waals surface area contributed by atoms with Gasteiger partial charge in [-0.15, -0.1) is 21.8 Å². The van der Waals surface area contributed by atoms with Gasteiger partial charge in [0.15, 0.2) is 10.9 Å². The topological polar surface area (TPSA) is 97.0 Å². The van der Waals surface area contributed by atoms with Crippen molar-refractivity contribution in [1.82, 2.24) is 15.2 Å². The molecule has 0 aliphatic heterocycles. The molecule has 3 N–H and O–H groups in total. The van der Waals surface area contributed by atoms with Crippen LogP contribution in [0.1, 0.15) is 0 Å². The number of thioether (sulfide) groups is 1. The van der Waals surface area contributed by atoms with Gasteiger partial charge in [0.1, 0.15) is 5.84 Å². The second-order valence-electron chi connectivity index (χ2n) is 3.77. The highest BCUT2D eigenvalue weighted by atomic mass is 35.5. The van der Waals surface area contributed by atoms with Crippen LogP contribution in [0.15, 0.2) is 39.2 Å². The number of halogens is 1. The fraction of sp³-hybridized carbons (Fsp3) is 0.167. The predicted molar refractivity (Wildman–Crippen MR) is 81.9 cm³/mol. The minimum absolute atomic E-state index is 0.113. The number of hydrogen-bond acceptors (Lipinski definition) is 5. The van der Waals surface area contributed by atoms with E-state index in [1.165, 1.54) is 11.8 Å². The number of aliphatic imine (C=N–C) groups is 1. The molecule has 20 heavy (non-hydrogen) atoms. The summed E-state index contributed by atoms with van der Waals surface area (Å²) in [5.41, 5.74) is 6.59. The maximum Gasteiger partial charge on any atom is 0.278 e. The summed E-state index contributed by atoms with van der Waals surface area (Å²) >= 11 is 6.93. The summed E-state index contributed by atoms with van der Waals surface area (Å²) in [6.45, 7) is 0. The van der Waals surface area contributed by atoms with Gasteiger partial charge < -0.3 is 5.73 Å². The highest BCUT2D eigenvalue weighted by Gasteiger charge is 2.11. The lowest BCUT2D eigenvalue weighted by atomic mass is 10.1. The van der Waals surface area contributed by atoms with E-state index in [0.717, 1.165) is 0 Å². The minimum Gasteiger partial charge on any atom is -0.386 e. The summed E-state index contributed by atoms with van der Waals surface area (Å²) in [5.74, 6) is 0.381. The van der Waals surface area contributed by atoms with Crippen LogP contribution in [-0.4, -0.2) is 33.2 Å². The lowest BCUT2D eigenvalue weighted by Crippen LogP contribution is -2.15. The van der Waals surface area contributed by atoms with Gasteiger partial charge in [0, 0.05) is 5.56 Å². The molecule has 0 saturated heterocycles. The summed E-state index contributed by atoms with van der Waals surface area (Å²) < 4.78 is 0. The summed E-state index contributed by atoms with van der Waals surface area (Å²) in [6.07, 6.45) is 1.80. The maximum atomic E-state index is 12.0. The smallest absolute Gasteiger partial charge is 0.278 e. The number of nitrogens with two attached hydrogens (primary N) is 1. The Morgan fingerprint density at radius 1 is 1.45 bits per heavy atom. The second-order valence-corrected chi connectivity index (χ2v) is 4.83. The van der Waals surface area contributed by atoms with Crippen molar-refractivity contribution in [2.24, 2.45) is 10.7 Å². The highest BCUT2D eigenvalue weighted by molar-refractivity contribution is 7.98. The molecule has 0 aliphatic carbocycles. The van der Waals surface area contributed by atoms with Crippen LogP contribution in [0.3, 0.4) is 0 Å².